The molecule has 1 aromatic heterocycles. The predicted octanol–water partition coefficient (Wildman–Crippen LogP) is 3.41. The van der Waals surface area contributed by atoms with E-state index in [0.29, 0.717) is 5.69 Å². The molecule has 0 saturated heterocycles. The molecular weight excluding hydrogens is 296 g/mol. The molecule has 1 heterocycles. The zero-order valence-corrected chi connectivity index (χ0v) is 12.8. The Morgan fingerprint density at radius 1 is 1.25 bits per heavy atom. The van der Waals surface area contributed by atoms with Gasteiger partial charge in [-0.05, 0) is 36.6 Å². The normalized spacial score (nSPS) is 11.3. The number of anilines is 1. The highest BCUT2D eigenvalue weighted by atomic mass is 35.5. The van der Waals surface area contributed by atoms with E-state index in [-0.39, 0.29) is 10.0 Å². The molecule has 1 aromatic carbocycles. The lowest BCUT2D eigenvalue weighted by atomic mass is 10.1. The van der Waals surface area contributed by atoms with Crippen molar-refractivity contribution in [3.63, 3.8) is 0 Å². The molecule has 0 spiro atoms. The van der Waals surface area contributed by atoms with Gasteiger partial charge in [-0.25, -0.2) is 13.4 Å². The van der Waals surface area contributed by atoms with Gasteiger partial charge in [-0.3, -0.25) is 4.72 Å². The predicted molar refractivity (Wildman–Crippen MR) is 80.6 cm³/mol. The highest BCUT2D eigenvalue weighted by molar-refractivity contribution is 7.92. The van der Waals surface area contributed by atoms with Crippen LogP contribution in [0.3, 0.4) is 0 Å². The summed E-state index contributed by atoms with van der Waals surface area (Å²) in [5.41, 5.74) is 2.47. The number of benzene rings is 1. The smallest absolute Gasteiger partial charge is 0.263 e. The second-order valence-corrected chi connectivity index (χ2v) is 6.45. The van der Waals surface area contributed by atoms with Gasteiger partial charge in [0.2, 0.25) is 0 Å². The summed E-state index contributed by atoms with van der Waals surface area (Å²) in [7, 11) is -3.66. The maximum atomic E-state index is 12.3. The fourth-order valence-corrected chi connectivity index (χ4v) is 3.11. The minimum atomic E-state index is -3.66. The SMILES string of the molecule is CCc1cccc(C)c1NS(=O)(=O)c1ccc(Cl)nc1. The quantitative estimate of drug-likeness (QED) is 0.880. The standard InChI is InChI=1S/C14H15ClN2O2S/c1-3-11-6-4-5-10(2)14(11)17-20(18,19)12-7-8-13(15)16-9-12/h4-9,17H,3H2,1-2H3. The molecule has 0 aliphatic carbocycles. The summed E-state index contributed by atoms with van der Waals surface area (Å²) < 4.78 is 27.3. The molecule has 4 nitrogen and oxygen atoms in total. The van der Waals surface area contributed by atoms with Crippen molar-refractivity contribution in [1.82, 2.24) is 4.98 Å². The maximum Gasteiger partial charge on any atom is 0.263 e. The lowest BCUT2D eigenvalue weighted by Gasteiger charge is -2.14. The minimum absolute atomic E-state index is 0.0900. The first-order valence-electron chi connectivity index (χ1n) is 6.17. The second-order valence-electron chi connectivity index (χ2n) is 4.38. The zero-order valence-electron chi connectivity index (χ0n) is 11.2. The molecule has 106 valence electrons. The number of para-hydroxylation sites is 1. The van der Waals surface area contributed by atoms with Gasteiger partial charge in [0, 0.05) is 6.20 Å². The van der Waals surface area contributed by atoms with Crippen LogP contribution < -0.4 is 4.72 Å². The third-order valence-electron chi connectivity index (χ3n) is 2.99. The molecule has 6 heteroatoms. The van der Waals surface area contributed by atoms with E-state index in [1.54, 1.807) is 0 Å². The summed E-state index contributed by atoms with van der Waals surface area (Å²) in [6.07, 6.45) is 1.99. The van der Waals surface area contributed by atoms with Crippen LogP contribution >= 0.6 is 11.6 Å². The van der Waals surface area contributed by atoms with Crippen LogP contribution in [-0.2, 0) is 16.4 Å². The minimum Gasteiger partial charge on any atom is -0.279 e. The Hall–Kier alpha value is -1.59. The van der Waals surface area contributed by atoms with Gasteiger partial charge in [-0.1, -0.05) is 36.7 Å². The molecule has 0 fully saturated rings. The van der Waals surface area contributed by atoms with Crippen LogP contribution in [-0.4, -0.2) is 13.4 Å². The molecular formula is C14H15ClN2O2S. The van der Waals surface area contributed by atoms with E-state index >= 15 is 0 Å². The third kappa shape index (κ3) is 3.11. The van der Waals surface area contributed by atoms with E-state index < -0.39 is 10.0 Å². The molecule has 20 heavy (non-hydrogen) atoms. The molecule has 1 N–H and O–H groups in total. The zero-order chi connectivity index (χ0) is 14.8. The van der Waals surface area contributed by atoms with Crippen molar-refractivity contribution in [3.8, 4) is 0 Å². The number of sulfonamides is 1. The van der Waals surface area contributed by atoms with Gasteiger partial charge in [-0.2, -0.15) is 0 Å². The first kappa shape index (κ1) is 14.8. The third-order valence-corrected chi connectivity index (χ3v) is 4.55. The van der Waals surface area contributed by atoms with Gasteiger partial charge in [0.1, 0.15) is 10.0 Å². The van der Waals surface area contributed by atoms with Crippen LogP contribution in [0.1, 0.15) is 18.1 Å². The molecule has 0 amide bonds. The number of aryl methyl sites for hydroxylation is 2. The Bertz CT molecular complexity index is 712. The molecule has 0 unspecified atom stereocenters. The fraction of sp³-hybridized carbons (Fsp3) is 0.214. The molecule has 2 aromatic rings. The van der Waals surface area contributed by atoms with Crippen LogP contribution in [0.5, 0.6) is 0 Å². The van der Waals surface area contributed by atoms with Crippen LogP contribution in [0.4, 0.5) is 5.69 Å². The van der Waals surface area contributed by atoms with E-state index in [1.165, 1.54) is 18.3 Å². The van der Waals surface area contributed by atoms with Crippen molar-refractivity contribution >= 4 is 27.3 Å². The Labute approximate surface area is 123 Å². The molecule has 0 radical (unpaired) electrons. The molecule has 0 saturated carbocycles. The Balaban J connectivity index is 2.41. The molecule has 0 aliphatic heterocycles. The Kier molecular flexibility index (Phi) is 4.30. The second kappa shape index (κ2) is 5.81. The fourth-order valence-electron chi connectivity index (χ4n) is 1.88. The van der Waals surface area contributed by atoms with Gasteiger partial charge >= 0.3 is 0 Å². The molecule has 2 rings (SSSR count). The van der Waals surface area contributed by atoms with Crippen LogP contribution in [0.25, 0.3) is 0 Å². The van der Waals surface area contributed by atoms with E-state index in [1.807, 2.05) is 32.0 Å². The van der Waals surface area contributed by atoms with E-state index in [0.717, 1.165) is 17.5 Å². The summed E-state index contributed by atoms with van der Waals surface area (Å²) in [5.74, 6) is 0. The highest BCUT2D eigenvalue weighted by Gasteiger charge is 2.17. The maximum absolute atomic E-state index is 12.3. The van der Waals surface area contributed by atoms with Crippen molar-refractivity contribution in [2.45, 2.75) is 25.2 Å². The first-order valence-corrected chi connectivity index (χ1v) is 8.03. The van der Waals surface area contributed by atoms with Crippen LogP contribution in [0.2, 0.25) is 5.15 Å². The lowest BCUT2D eigenvalue weighted by Crippen LogP contribution is -2.15. The lowest BCUT2D eigenvalue weighted by molar-refractivity contribution is 0.600. The number of hydrogen-bond acceptors (Lipinski definition) is 3. The Morgan fingerprint density at radius 3 is 2.60 bits per heavy atom. The number of nitrogens with one attached hydrogen (secondary N) is 1. The summed E-state index contributed by atoms with van der Waals surface area (Å²) in [5, 5.41) is 0.258. The van der Waals surface area contributed by atoms with Gasteiger partial charge in [-0.15, -0.1) is 0 Å². The molecule has 0 atom stereocenters. The number of pyridine rings is 1. The summed E-state index contributed by atoms with van der Waals surface area (Å²) in [4.78, 5) is 3.89. The topological polar surface area (TPSA) is 59.1 Å². The molecule has 0 aliphatic rings. The first-order chi connectivity index (χ1) is 9.44. The van der Waals surface area contributed by atoms with Crippen molar-refractivity contribution in [2.24, 2.45) is 0 Å². The average molecular weight is 311 g/mol. The van der Waals surface area contributed by atoms with Crippen LogP contribution in [0, 0.1) is 6.92 Å². The number of hydrogen-bond donors (Lipinski definition) is 1. The van der Waals surface area contributed by atoms with Crippen molar-refractivity contribution in [1.29, 1.82) is 0 Å². The highest BCUT2D eigenvalue weighted by Crippen LogP contribution is 2.24. The number of nitrogens with zero attached hydrogens (tertiary/aromatic N) is 1. The van der Waals surface area contributed by atoms with Gasteiger partial charge < -0.3 is 0 Å². The van der Waals surface area contributed by atoms with Gasteiger partial charge in [0.25, 0.3) is 10.0 Å². The van der Waals surface area contributed by atoms with Crippen molar-refractivity contribution < 1.29 is 8.42 Å². The summed E-state index contributed by atoms with van der Waals surface area (Å²) in [6.45, 7) is 3.85. The average Bonchev–Trinajstić information content (AvgIpc) is 2.41. The van der Waals surface area contributed by atoms with E-state index in [2.05, 4.69) is 9.71 Å². The number of rotatable bonds is 4. The van der Waals surface area contributed by atoms with Gasteiger partial charge in [0.15, 0.2) is 0 Å². The molecule has 0 bridgehead atoms. The van der Waals surface area contributed by atoms with E-state index in [4.69, 9.17) is 11.6 Å². The largest absolute Gasteiger partial charge is 0.279 e. The summed E-state index contributed by atoms with van der Waals surface area (Å²) in [6, 6.07) is 8.58. The van der Waals surface area contributed by atoms with Crippen molar-refractivity contribution in [2.75, 3.05) is 4.72 Å². The van der Waals surface area contributed by atoms with Crippen molar-refractivity contribution in [3.05, 3.63) is 52.8 Å². The van der Waals surface area contributed by atoms with Gasteiger partial charge in [0.05, 0.1) is 5.69 Å². The number of aromatic nitrogens is 1. The number of halogens is 1. The Morgan fingerprint density at radius 2 is 2.00 bits per heavy atom. The summed E-state index contributed by atoms with van der Waals surface area (Å²) >= 11 is 5.67. The van der Waals surface area contributed by atoms with Crippen LogP contribution in [0.15, 0.2) is 41.4 Å². The monoisotopic (exact) mass is 310 g/mol. The van der Waals surface area contributed by atoms with E-state index in [9.17, 15) is 8.42 Å².